The van der Waals surface area contributed by atoms with Crippen molar-refractivity contribution in [3.8, 4) is 11.1 Å². The molecule has 0 spiro atoms. The quantitative estimate of drug-likeness (QED) is 0.547. The van der Waals surface area contributed by atoms with Gasteiger partial charge in [-0.3, -0.25) is 9.11 Å². The van der Waals surface area contributed by atoms with Crippen molar-refractivity contribution in [1.29, 1.82) is 0 Å². The van der Waals surface area contributed by atoms with Gasteiger partial charge in [0.05, 0.1) is 9.79 Å². The molecule has 2 aromatic rings. The normalized spacial score (nSPS) is 11.7. The number of rotatable bonds is 3. The standard InChI is InChI=1S/C12H10O6S2.Na.H/c13-19(14,15)11-5-1-9(2-6-11)10-3-7-12(8-4-10)20(16,17)18;;/h1-8H,(H,13,14,15)(H,16,17,18);;/q;+1;-1. The summed E-state index contributed by atoms with van der Waals surface area (Å²) in [5.41, 5.74) is 1.28. The molecule has 0 fully saturated rings. The first-order valence-electron chi connectivity index (χ1n) is 5.33. The SMILES string of the molecule is O=S(=O)(O)c1ccc(-c2ccc(S(=O)(=O)O)cc2)cc1.[H-].[Na+]. The molecule has 2 aromatic carbocycles. The third-order valence-corrected chi connectivity index (χ3v) is 4.37. The number of hydrogen-bond acceptors (Lipinski definition) is 4. The Morgan fingerprint density at radius 2 is 0.857 bits per heavy atom. The molecule has 0 aliphatic rings. The Kier molecular flexibility index (Phi) is 5.73. The van der Waals surface area contributed by atoms with Crippen LogP contribution >= 0.6 is 0 Å². The minimum atomic E-state index is -4.24. The van der Waals surface area contributed by atoms with E-state index in [4.69, 9.17) is 9.11 Å². The molecule has 0 bridgehead atoms. The van der Waals surface area contributed by atoms with Crippen molar-refractivity contribution in [2.75, 3.05) is 0 Å². The van der Waals surface area contributed by atoms with E-state index in [1.807, 2.05) is 0 Å². The van der Waals surface area contributed by atoms with Crippen LogP contribution < -0.4 is 29.6 Å². The van der Waals surface area contributed by atoms with Crippen LogP contribution in [0.15, 0.2) is 58.3 Å². The van der Waals surface area contributed by atoms with Gasteiger partial charge < -0.3 is 1.43 Å². The van der Waals surface area contributed by atoms with Crippen molar-refractivity contribution < 1.29 is 56.9 Å². The second-order valence-corrected chi connectivity index (χ2v) is 6.84. The smallest absolute Gasteiger partial charge is 1.00 e. The molecule has 0 saturated heterocycles. The summed E-state index contributed by atoms with van der Waals surface area (Å²) in [7, 11) is -8.48. The summed E-state index contributed by atoms with van der Waals surface area (Å²) in [6.45, 7) is 0. The predicted octanol–water partition coefficient (Wildman–Crippen LogP) is -1.04. The molecule has 0 aromatic heterocycles. The fourth-order valence-electron chi connectivity index (χ4n) is 1.64. The van der Waals surface area contributed by atoms with Crippen molar-refractivity contribution in [3.63, 3.8) is 0 Å². The van der Waals surface area contributed by atoms with Crippen molar-refractivity contribution in [1.82, 2.24) is 0 Å². The minimum absolute atomic E-state index is 0. The summed E-state index contributed by atoms with van der Waals surface area (Å²) in [4.78, 5) is -0.452. The molecule has 9 heteroatoms. The summed E-state index contributed by atoms with van der Waals surface area (Å²) >= 11 is 0. The first-order chi connectivity index (χ1) is 9.18. The molecule has 0 radical (unpaired) electrons. The zero-order valence-electron chi connectivity index (χ0n) is 12.0. The van der Waals surface area contributed by atoms with Crippen LogP contribution in [0.2, 0.25) is 0 Å². The molecule has 2 rings (SSSR count). The Balaban J connectivity index is 0.00000220. The maximum Gasteiger partial charge on any atom is 1.00 e. The molecule has 108 valence electrons. The first kappa shape index (κ1) is 18.3. The average molecular weight is 338 g/mol. The van der Waals surface area contributed by atoms with Crippen LogP contribution in [0.5, 0.6) is 0 Å². The number of hydrogen-bond donors (Lipinski definition) is 2. The predicted molar refractivity (Wildman–Crippen MR) is 72.6 cm³/mol. The molecule has 0 aliphatic carbocycles. The minimum Gasteiger partial charge on any atom is -1.00 e. The molecule has 0 saturated carbocycles. The van der Waals surface area contributed by atoms with Gasteiger partial charge in [-0.25, -0.2) is 0 Å². The fourth-order valence-corrected chi connectivity index (χ4v) is 2.60. The molecule has 0 heterocycles. The molecule has 6 nitrogen and oxygen atoms in total. The Morgan fingerprint density at radius 1 is 0.619 bits per heavy atom. The van der Waals surface area contributed by atoms with Gasteiger partial charge in [0.1, 0.15) is 0 Å². The third kappa shape index (κ3) is 4.62. The Labute approximate surface area is 146 Å². The molecular weight excluding hydrogens is 327 g/mol. The second-order valence-electron chi connectivity index (χ2n) is 4.00. The molecule has 2 N–H and O–H groups in total. The van der Waals surface area contributed by atoms with Gasteiger partial charge in [-0.05, 0) is 35.4 Å². The summed E-state index contributed by atoms with van der Waals surface area (Å²) in [6, 6.07) is 10.9. The largest absolute Gasteiger partial charge is 1.00 e. The van der Waals surface area contributed by atoms with E-state index in [2.05, 4.69) is 0 Å². The van der Waals surface area contributed by atoms with Gasteiger partial charge in [0.15, 0.2) is 0 Å². The fraction of sp³-hybridized carbons (Fsp3) is 0. The zero-order valence-corrected chi connectivity index (χ0v) is 14.6. The van der Waals surface area contributed by atoms with E-state index in [9.17, 15) is 16.8 Å². The van der Waals surface area contributed by atoms with Crippen LogP contribution in [0.1, 0.15) is 1.43 Å². The summed E-state index contributed by atoms with van der Waals surface area (Å²) in [5.74, 6) is 0. The van der Waals surface area contributed by atoms with E-state index >= 15 is 0 Å². The van der Waals surface area contributed by atoms with Gasteiger partial charge in [0.2, 0.25) is 0 Å². The van der Waals surface area contributed by atoms with Crippen LogP contribution in [0.4, 0.5) is 0 Å². The molecule has 0 aliphatic heterocycles. The maximum absolute atomic E-state index is 10.9. The Bertz CT molecular complexity index is 757. The molecule has 21 heavy (non-hydrogen) atoms. The van der Waals surface area contributed by atoms with Gasteiger partial charge in [-0.15, -0.1) is 0 Å². The molecule has 0 atom stereocenters. The van der Waals surface area contributed by atoms with Gasteiger partial charge in [0.25, 0.3) is 20.2 Å². The van der Waals surface area contributed by atoms with Crippen LogP contribution in [0.3, 0.4) is 0 Å². The van der Waals surface area contributed by atoms with Gasteiger partial charge in [-0.1, -0.05) is 24.3 Å². The van der Waals surface area contributed by atoms with E-state index in [0.717, 1.165) is 0 Å². The maximum atomic E-state index is 10.9. The van der Waals surface area contributed by atoms with Gasteiger partial charge >= 0.3 is 29.6 Å². The average Bonchev–Trinajstić information content (AvgIpc) is 2.37. The molecule has 0 unspecified atom stereocenters. The van der Waals surface area contributed by atoms with Crippen LogP contribution in [-0.2, 0) is 20.2 Å². The van der Waals surface area contributed by atoms with E-state index in [1.54, 1.807) is 0 Å². The molecular formula is C12H11NaO6S2. The topological polar surface area (TPSA) is 109 Å². The summed E-state index contributed by atoms with van der Waals surface area (Å²) < 4.78 is 61.3. The van der Waals surface area contributed by atoms with Crippen molar-refractivity contribution in [2.24, 2.45) is 0 Å². The van der Waals surface area contributed by atoms with Crippen molar-refractivity contribution in [2.45, 2.75) is 9.79 Å². The Hall–Kier alpha value is -0.740. The van der Waals surface area contributed by atoms with Crippen molar-refractivity contribution in [3.05, 3.63) is 48.5 Å². The van der Waals surface area contributed by atoms with Crippen molar-refractivity contribution >= 4 is 20.2 Å². The van der Waals surface area contributed by atoms with Gasteiger partial charge in [0, 0.05) is 0 Å². The Morgan fingerprint density at radius 3 is 1.05 bits per heavy atom. The van der Waals surface area contributed by atoms with Gasteiger partial charge in [-0.2, -0.15) is 16.8 Å². The van der Waals surface area contributed by atoms with Crippen LogP contribution in [0, 0.1) is 0 Å². The van der Waals surface area contributed by atoms with E-state index in [-0.39, 0.29) is 40.8 Å². The zero-order chi connectivity index (χ0) is 15.0. The van der Waals surface area contributed by atoms with E-state index in [0.29, 0.717) is 11.1 Å². The number of benzene rings is 2. The molecule has 0 amide bonds. The first-order valence-corrected chi connectivity index (χ1v) is 8.21. The monoisotopic (exact) mass is 338 g/mol. The summed E-state index contributed by atoms with van der Waals surface area (Å²) in [5, 5.41) is 0. The van der Waals surface area contributed by atoms with Crippen LogP contribution in [0.25, 0.3) is 11.1 Å². The van der Waals surface area contributed by atoms with E-state index in [1.165, 1.54) is 48.5 Å². The van der Waals surface area contributed by atoms with E-state index < -0.39 is 20.2 Å². The second kappa shape index (κ2) is 6.57. The van der Waals surface area contributed by atoms with Crippen LogP contribution in [-0.4, -0.2) is 25.9 Å². The third-order valence-electron chi connectivity index (χ3n) is 2.64. The summed E-state index contributed by atoms with van der Waals surface area (Å²) in [6.07, 6.45) is 0.